The zero-order valence-electron chi connectivity index (χ0n) is 9.15. The number of esters is 1. The number of methoxy groups -OCH3 is 1. The van der Waals surface area contributed by atoms with Crippen molar-refractivity contribution in [2.24, 2.45) is 0 Å². The Morgan fingerprint density at radius 2 is 2.17 bits per heavy atom. The normalized spacial score (nSPS) is 9.72. The zero-order valence-corrected chi connectivity index (χ0v) is 9.15. The van der Waals surface area contributed by atoms with Gasteiger partial charge in [-0.3, -0.25) is 4.79 Å². The first kappa shape index (κ1) is 13.6. The molecule has 0 amide bonds. The molecule has 94 valence electrons. The van der Waals surface area contributed by atoms with E-state index in [2.05, 4.69) is 9.47 Å². The van der Waals surface area contributed by atoms with Crippen molar-refractivity contribution in [3.05, 3.63) is 28.8 Å². The summed E-state index contributed by atoms with van der Waals surface area (Å²) in [5, 5.41) is 8.79. The van der Waals surface area contributed by atoms with Crippen LogP contribution in [0.25, 0.3) is 0 Å². The Labute approximate surface area is 101 Å². The number of alkyl halides is 2. The summed E-state index contributed by atoms with van der Waals surface area (Å²) < 4.78 is 32.7. The quantitative estimate of drug-likeness (QED) is 0.605. The van der Waals surface area contributed by atoms with E-state index < -0.39 is 29.5 Å². The van der Waals surface area contributed by atoms with Crippen LogP contribution >= 0.6 is 0 Å². The molecule has 0 saturated carbocycles. The van der Waals surface area contributed by atoms with Crippen molar-refractivity contribution in [2.75, 3.05) is 7.11 Å². The molecule has 0 unspecified atom stereocenters. The highest BCUT2D eigenvalue weighted by Gasteiger charge is 2.22. The smallest absolute Gasteiger partial charge is 0.387 e. The highest BCUT2D eigenvalue weighted by atomic mass is 19.3. The molecule has 0 aliphatic rings. The van der Waals surface area contributed by atoms with Crippen LogP contribution < -0.4 is 4.74 Å². The number of halogens is 2. The van der Waals surface area contributed by atoms with E-state index in [1.807, 2.05) is 0 Å². The first-order chi connectivity index (χ1) is 8.54. The maximum atomic E-state index is 12.1. The van der Waals surface area contributed by atoms with Gasteiger partial charge in [0.15, 0.2) is 6.29 Å². The molecule has 1 rings (SSSR count). The Kier molecular flexibility index (Phi) is 4.32. The molecule has 1 aromatic rings. The maximum Gasteiger partial charge on any atom is 0.387 e. The van der Waals surface area contributed by atoms with Crippen LogP contribution in [-0.4, -0.2) is 26.0 Å². The molecule has 0 atom stereocenters. The molecular weight excluding hydrogens is 248 g/mol. The topological polar surface area (TPSA) is 76.4 Å². The van der Waals surface area contributed by atoms with Crippen LogP contribution in [-0.2, 0) is 4.74 Å². The van der Waals surface area contributed by atoms with Gasteiger partial charge in [-0.25, -0.2) is 4.79 Å². The molecule has 0 bridgehead atoms. The minimum absolute atomic E-state index is 0.158. The average molecular weight is 255 g/mol. The molecule has 0 radical (unpaired) electrons. The molecule has 7 heteroatoms. The second kappa shape index (κ2) is 5.72. The monoisotopic (exact) mass is 255 g/mol. The van der Waals surface area contributed by atoms with Gasteiger partial charge < -0.3 is 9.47 Å². The van der Waals surface area contributed by atoms with Crippen LogP contribution in [0.4, 0.5) is 8.78 Å². The van der Waals surface area contributed by atoms with Crippen molar-refractivity contribution in [1.82, 2.24) is 0 Å². The van der Waals surface area contributed by atoms with Crippen molar-refractivity contribution in [2.45, 2.75) is 6.61 Å². The summed E-state index contributed by atoms with van der Waals surface area (Å²) in [4.78, 5) is 22.3. The highest BCUT2D eigenvalue weighted by Crippen LogP contribution is 2.26. The number of hydrogen-bond acceptors (Lipinski definition) is 5. The number of hydrogen-bond donors (Lipinski definition) is 0. The van der Waals surface area contributed by atoms with E-state index in [4.69, 9.17) is 5.26 Å². The standard InChI is InChI=1S/C11H7F2NO4/c1-17-10(16)9-6(4-14)2-3-8(7(9)5-15)18-11(12)13/h2-3,5,11H,1H3. The van der Waals surface area contributed by atoms with Crippen molar-refractivity contribution in [3.63, 3.8) is 0 Å². The predicted octanol–water partition coefficient (Wildman–Crippen LogP) is 1.76. The molecule has 1 aromatic carbocycles. The van der Waals surface area contributed by atoms with E-state index in [9.17, 15) is 18.4 Å². The lowest BCUT2D eigenvalue weighted by molar-refractivity contribution is -0.0501. The van der Waals surface area contributed by atoms with E-state index >= 15 is 0 Å². The van der Waals surface area contributed by atoms with E-state index in [1.165, 1.54) is 0 Å². The molecular formula is C11H7F2NO4. The lowest BCUT2D eigenvalue weighted by Gasteiger charge is -2.11. The summed E-state index contributed by atoms with van der Waals surface area (Å²) in [5.41, 5.74) is -1.00. The van der Waals surface area contributed by atoms with Crippen LogP contribution in [0.5, 0.6) is 5.75 Å². The minimum atomic E-state index is -3.15. The van der Waals surface area contributed by atoms with Crippen LogP contribution in [0.3, 0.4) is 0 Å². The predicted molar refractivity (Wildman–Crippen MR) is 54.5 cm³/mol. The van der Waals surface area contributed by atoms with Crippen molar-refractivity contribution < 1.29 is 27.8 Å². The van der Waals surface area contributed by atoms with Gasteiger partial charge in [0.05, 0.1) is 23.8 Å². The van der Waals surface area contributed by atoms with Crippen LogP contribution in [0.1, 0.15) is 26.3 Å². The van der Waals surface area contributed by atoms with Crippen LogP contribution in [0.15, 0.2) is 12.1 Å². The molecule has 0 aromatic heterocycles. The number of ether oxygens (including phenoxy) is 2. The van der Waals surface area contributed by atoms with E-state index in [1.54, 1.807) is 6.07 Å². The van der Waals surface area contributed by atoms with Gasteiger partial charge in [0.1, 0.15) is 11.8 Å². The van der Waals surface area contributed by atoms with E-state index in [-0.39, 0.29) is 11.8 Å². The first-order valence-electron chi connectivity index (χ1n) is 4.60. The fourth-order valence-corrected chi connectivity index (χ4v) is 1.33. The lowest BCUT2D eigenvalue weighted by atomic mass is 10.0. The molecule has 0 fully saturated rings. The molecule has 18 heavy (non-hydrogen) atoms. The number of carbonyl (C=O) groups is 2. The summed E-state index contributed by atoms with van der Waals surface area (Å²) in [5.74, 6) is -1.47. The highest BCUT2D eigenvalue weighted by molar-refractivity contribution is 6.02. The average Bonchev–Trinajstić information content (AvgIpc) is 2.36. The van der Waals surface area contributed by atoms with Gasteiger partial charge in [0.2, 0.25) is 0 Å². The summed E-state index contributed by atoms with van der Waals surface area (Å²) in [6, 6.07) is 3.77. The lowest BCUT2D eigenvalue weighted by Crippen LogP contribution is -2.12. The van der Waals surface area contributed by atoms with Gasteiger partial charge in [-0.15, -0.1) is 0 Å². The first-order valence-corrected chi connectivity index (χ1v) is 4.60. The van der Waals surface area contributed by atoms with E-state index in [0.717, 1.165) is 19.2 Å². The fraction of sp³-hybridized carbons (Fsp3) is 0.182. The summed E-state index contributed by atoms with van der Waals surface area (Å²) in [7, 11) is 1.04. The summed E-state index contributed by atoms with van der Waals surface area (Å²) in [6.07, 6.45) is 0.158. The Hall–Kier alpha value is -2.49. The van der Waals surface area contributed by atoms with Gasteiger partial charge in [-0.2, -0.15) is 14.0 Å². The van der Waals surface area contributed by atoms with E-state index in [0.29, 0.717) is 0 Å². The molecule has 0 aliphatic carbocycles. The fourth-order valence-electron chi connectivity index (χ4n) is 1.33. The number of benzene rings is 1. The van der Waals surface area contributed by atoms with Gasteiger partial charge in [-0.05, 0) is 12.1 Å². The van der Waals surface area contributed by atoms with Crippen LogP contribution in [0, 0.1) is 11.3 Å². The summed E-state index contributed by atoms with van der Waals surface area (Å²) in [6.45, 7) is -3.15. The SMILES string of the molecule is COC(=O)c1c(C#N)ccc(OC(F)F)c1C=O. The number of aldehydes is 1. The molecule has 0 saturated heterocycles. The Balaban J connectivity index is 3.48. The van der Waals surface area contributed by atoms with Crippen LogP contribution in [0.2, 0.25) is 0 Å². The number of nitrogens with zero attached hydrogens (tertiary/aromatic N) is 1. The molecule has 0 heterocycles. The molecule has 0 aliphatic heterocycles. The molecule has 0 N–H and O–H groups in total. The largest absolute Gasteiger partial charge is 0.465 e. The minimum Gasteiger partial charge on any atom is -0.465 e. The van der Waals surface area contributed by atoms with Gasteiger partial charge in [0, 0.05) is 0 Å². The second-order valence-corrected chi connectivity index (χ2v) is 3.00. The molecule has 0 spiro atoms. The third kappa shape index (κ3) is 2.60. The van der Waals surface area contributed by atoms with Gasteiger partial charge >= 0.3 is 12.6 Å². The van der Waals surface area contributed by atoms with Gasteiger partial charge in [-0.1, -0.05) is 0 Å². The zero-order chi connectivity index (χ0) is 13.7. The number of nitriles is 1. The Bertz CT molecular complexity index is 523. The third-order valence-corrected chi connectivity index (χ3v) is 2.05. The maximum absolute atomic E-state index is 12.1. The van der Waals surface area contributed by atoms with Crippen molar-refractivity contribution in [1.29, 1.82) is 5.26 Å². The third-order valence-electron chi connectivity index (χ3n) is 2.05. The van der Waals surface area contributed by atoms with Crippen molar-refractivity contribution >= 4 is 12.3 Å². The van der Waals surface area contributed by atoms with Gasteiger partial charge in [0.25, 0.3) is 0 Å². The Morgan fingerprint density at radius 3 is 2.61 bits per heavy atom. The number of carbonyl (C=O) groups excluding carboxylic acids is 2. The Morgan fingerprint density at radius 1 is 1.50 bits per heavy atom. The second-order valence-electron chi connectivity index (χ2n) is 3.00. The number of rotatable bonds is 4. The van der Waals surface area contributed by atoms with Crippen molar-refractivity contribution in [3.8, 4) is 11.8 Å². The summed E-state index contributed by atoms with van der Waals surface area (Å²) >= 11 is 0. The molecule has 5 nitrogen and oxygen atoms in total.